The van der Waals surface area contributed by atoms with Crippen molar-refractivity contribution >= 4 is 56.0 Å². The van der Waals surface area contributed by atoms with Crippen LogP contribution in [0.3, 0.4) is 0 Å². The van der Waals surface area contributed by atoms with Gasteiger partial charge >= 0.3 is 0 Å². The normalized spacial score (nSPS) is 11.0. The van der Waals surface area contributed by atoms with Crippen molar-refractivity contribution in [2.24, 2.45) is 0 Å². The van der Waals surface area contributed by atoms with E-state index in [0.717, 1.165) is 15.7 Å². The van der Waals surface area contributed by atoms with Gasteiger partial charge in [0.25, 0.3) is 0 Å². The molecule has 1 heterocycles. The number of nitrogens with zero attached hydrogens (tertiary/aromatic N) is 1. The quantitative estimate of drug-likeness (QED) is 0.507. The molecule has 0 unspecified atom stereocenters. The maximum Gasteiger partial charge on any atom is 0.250 e. The highest BCUT2D eigenvalue weighted by Gasteiger charge is 2.08. The first-order valence-electron chi connectivity index (χ1n) is 7.17. The van der Waals surface area contributed by atoms with Crippen LogP contribution >= 0.6 is 38.9 Å². The van der Waals surface area contributed by atoms with E-state index in [9.17, 15) is 9.18 Å². The van der Waals surface area contributed by atoms with Gasteiger partial charge in [-0.2, -0.15) is 0 Å². The number of thiazole rings is 1. The number of anilines is 1. The molecule has 0 fully saturated rings. The molecule has 0 aliphatic rings. The molecule has 0 atom stereocenters. The number of hydrogen-bond acceptors (Lipinski definition) is 3. The third kappa shape index (κ3) is 4.54. The summed E-state index contributed by atoms with van der Waals surface area (Å²) in [6.07, 6.45) is 2.57. The van der Waals surface area contributed by atoms with Crippen molar-refractivity contribution in [1.82, 2.24) is 4.98 Å². The van der Waals surface area contributed by atoms with Gasteiger partial charge in [0.15, 0.2) is 5.13 Å². The molecule has 2 aromatic carbocycles. The lowest BCUT2D eigenvalue weighted by Gasteiger charge is -2.00. The Morgan fingerprint density at radius 1 is 1.24 bits per heavy atom. The van der Waals surface area contributed by atoms with Gasteiger partial charge in [0.2, 0.25) is 5.91 Å². The zero-order valence-corrected chi connectivity index (χ0v) is 15.8. The SMILES string of the molecule is O=C(/C=C/c1c(F)cccc1Cl)Nc1nc(-c2ccc(Br)cc2)cs1. The number of halogens is 3. The molecule has 126 valence electrons. The van der Waals surface area contributed by atoms with Crippen LogP contribution in [0.25, 0.3) is 17.3 Å². The lowest BCUT2D eigenvalue weighted by atomic mass is 10.2. The van der Waals surface area contributed by atoms with E-state index in [-0.39, 0.29) is 10.6 Å². The van der Waals surface area contributed by atoms with E-state index in [4.69, 9.17) is 11.6 Å². The van der Waals surface area contributed by atoms with Crippen molar-refractivity contribution in [2.45, 2.75) is 0 Å². The van der Waals surface area contributed by atoms with E-state index in [0.29, 0.717) is 5.13 Å². The largest absolute Gasteiger partial charge is 0.298 e. The van der Waals surface area contributed by atoms with Crippen LogP contribution < -0.4 is 5.32 Å². The van der Waals surface area contributed by atoms with E-state index in [1.807, 2.05) is 29.6 Å². The molecule has 1 aromatic heterocycles. The van der Waals surface area contributed by atoms with Gasteiger partial charge in [-0.1, -0.05) is 45.7 Å². The van der Waals surface area contributed by atoms with Crippen LogP contribution in [0, 0.1) is 5.82 Å². The predicted molar refractivity (Wildman–Crippen MR) is 104 cm³/mol. The van der Waals surface area contributed by atoms with Crippen LogP contribution in [0.1, 0.15) is 5.56 Å². The second kappa shape index (κ2) is 7.91. The fourth-order valence-electron chi connectivity index (χ4n) is 2.06. The first-order chi connectivity index (χ1) is 12.0. The summed E-state index contributed by atoms with van der Waals surface area (Å²) in [4.78, 5) is 16.4. The van der Waals surface area contributed by atoms with Crippen LogP contribution in [0.2, 0.25) is 5.02 Å². The zero-order chi connectivity index (χ0) is 17.8. The van der Waals surface area contributed by atoms with Crippen LogP contribution in [0.5, 0.6) is 0 Å². The number of aromatic nitrogens is 1. The van der Waals surface area contributed by atoms with Crippen molar-refractivity contribution in [3.63, 3.8) is 0 Å². The van der Waals surface area contributed by atoms with Gasteiger partial charge in [-0.3, -0.25) is 10.1 Å². The van der Waals surface area contributed by atoms with Gasteiger partial charge in [0.05, 0.1) is 10.7 Å². The minimum atomic E-state index is -0.483. The Bertz CT molecular complexity index is 920. The number of hydrogen-bond donors (Lipinski definition) is 1. The molecule has 0 saturated heterocycles. The molecule has 3 nitrogen and oxygen atoms in total. The average molecular weight is 438 g/mol. The van der Waals surface area contributed by atoms with Crippen LogP contribution in [-0.2, 0) is 4.79 Å². The average Bonchev–Trinajstić information content (AvgIpc) is 3.03. The van der Waals surface area contributed by atoms with Gasteiger partial charge in [-0.15, -0.1) is 11.3 Å². The third-order valence-corrected chi connectivity index (χ3v) is 4.89. The highest BCUT2D eigenvalue weighted by Crippen LogP contribution is 2.26. The van der Waals surface area contributed by atoms with E-state index in [1.54, 1.807) is 6.07 Å². The van der Waals surface area contributed by atoms with Crippen molar-refractivity contribution in [3.8, 4) is 11.3 Å². The zero-order valence-electron chi connectivity index (χ0n) is 12.7. The van der Waals surface area contributed by atoms with Gasteiger partial charge < -0.3 is 0 Å². The maximum absolute atomic E-state index is 13.7. The minimum Gasteiger partial charge on any atom is -0.298 e. The molecule has 1 N–H and O–H groups in total. The number of nitrogens with one attached hydrogen (secondary N) is 1. The van der Waals surface area contributed by atoms with Crippen molar-refractivity contribution in [2.75, 3.05) is 5.32 Å². The Labute approximate surface area is 161 Å². The minimum absolute atomic E-state index is 0.175. The van der Waals surface area contributed by atoms with E-state index < -0.39 is 11.7 Å². The molecular weight excluding hydrogens is 427 g/mol. The van der Waals surface area contributed by atoms with E-state index >= 15 is 0 Å². The van der Waals surface area contributed by atoms with Crippen molar-refractivity contribution in [1.29, 1.82) is 0 Å². The molecule has 7 heteroatoms. The summed E-state index contributed by atoms with van der Waals surface area (Å²) in [5.41, 5.74) is 1.90. The maximum atomic E-state index is 13.7. The van der Waals surface area contributed by atoms with Crippen LogP contribution in [0.4, 0.5) is 9.52 Å². The standard InChI is InChI=1S/C18H11BrClFN2OS/c19-12-6-4-11(5-7-12)16-10-25-18(22-16)23-17(24)9-8-13-14(20)2-1-3-15(13)21/h1-10H,(H,22,23,24)/b9-8+. The smallest absolute Gasteiger partial charge is 0.250 e. The Kier molecular flexibility index (Phi) is 5.63. The molecule has 0 spiro atoms. The predicted octanol–water partition coefficient (Wildman–Crippen LogP) is 6.02. The molecule has 25 heavy (non-hydrogen) atoms. The summed E-state index contributed by atoms with van der Waals surface area (Å²) >= 11 is 10.6. The second-order valence-corrected chi connectivity index (χ2v) is 7.18. The topological polar surface area (TPSA) is 42.0 Å². The highest BCUT2D eigenvalue weighted by atomic mass is 79.9. The van der Waals surface area contributed by atoms with Crippen LogP contribution in [-0.4, -0.2) is 10.9 Å². The molecule has 3 rings (SSSR count). The Hall–Kier alpha value is -2.02. The Morgan fingerprint density at radius 2 is 2.00 bits per heavy atom. The van der Waals surface area contributed by atoms with Crippen molar-refractivity contribution in [3.05, 3.63) is 74.8 Å². The monoisotopic (exact) mass is 436 g/mol. The lowest BCUT2D eigenvalue weighted by molar-refractivity contribution is -0.111. The van der Waals surface area contributed by atoms with Gasteiger partial charge in [0.1, 0.15) is 5.82 Å². The summed E-state index contributed by atoms with van der Waals surface area (Å²) in [6, 6.07) is 12.1. The van der Waals surface area contributed by atoms with Gasteiger partial charge in [-0.25, -0.2) is 9.37 Å². The molecule has 0 radical (unpaired) electrons. The number of carbonyl (C=O) groups is 1. The number of rotatable bonds is 4. The first-order valence-corrected chi connectivity index (χ1v) is 9.22. The Balaban J connectivity index is 1.69. The molecule has 1 amide bonds. The number of benzene rings is 2. The van der Waals surface area contributed by atoms with Crippen LogP contribution in [0.15, 0.2) is 58.4 Å². The number of carbonyl (C=O) groups excluding carboxylic acids is 1. The van der Waals surface area contributed by atoms with Gasteiger partial charge in [0, 0.05) is 27.1 Å². The Morgan fingerprint density at radius 3 is 2.72 bits per heavy atom. The fourth-order valence-corrected chi connectivity index (χ4v) is 3.27. The third-order valence-electron chi connectivity index (χ3n) is 3.28. The summed E-state index contributed by atoms with van der Waals surface area (Å²) in [5.74, 6) is -0.889. The summed E-state index contributed by atoms with van der Waals surface area (Å²) < 4.78 is 14.6. The van der Waals surface area contributed by atoms with Gasteiger partial charge in [-0.05, 0) is 30.3 Å². The van der Waals surface area contributed by atoms with E-state index in [2.05, 4.69) is 26.2 Å². The second-order valence-electron chi connectivity index (χ2n) is 5.00. The molecule has 3 aromatic rings. The lowest BCUT2D eigenvalue weighted by Crippen LogP contribution is -2.07. The summed E-state index contributed by atoms with van der Waals surface area (Å²) in [7, 11) is 0. The van der Waals surface area contributed by atoms with E-state index in [1.165, 1.54) is 35.6 Å². The highest BCUT2D eigenvalue weighted by molar-refractivity contribution is 9.10. The molecule has 0 bridgehead atoms. The molecular formula is C18H11BrClFN2OS. The molecule has 0 aliphatic carbocycles. The summed E-state index contributed by atoms with van der Waals surface area (Å²) in [6.45, 7) is 0. The fraction of sp³-hybridized carbons (Fsp3) is 0. The number of amides is 1. The summed E-state index contributed by atoms with van der Waals surface area (Å²) in [5, 5.41) is 5.23. The molecule has 0 aliphatic heterocycles. The van der Waals surface area contributed by atoms with Crippen molar-refractivity contribution < 1.29 is 9.18 Å². The molecule has 0 saturated carbocycles. The first kappa shape index (κ1) is 17.8.